The minimum atomic E-state index is -1.00. The van der Waals surface area contributed by atoms with E-state index >= 15 is 0 Å². The van der Waals surface area contributed by atoms with Gasteiger partial charge in [-0.05, 0) is 6.42 Å². The molecule has 0 heterocycles. The SMILES string of the molecule is C=C(C(=O)NCCCC)C(=O)OC(C)=O. The first-order valence-corrected chi connectivity index (χ1v) is 4.68. The second-order valence-electron chi connectivity index (χ2n) is 2.97. The molecule has 0 saturated heterocycles. The number of hydrogen-bond donors (Lipinski definition) is 1. The molecule has 0 aromatic carbocycles. The highest BCUT2D eigenvalue weighted by molar-refractivity contribution is 6.17. The Morgan fingerprint density at radius 3 is 2.40 bits per heavy atom. The molecule has 1 N–H and O–H groups in total. The Hall–Kier alpha value is -1.65. The zero-order valence-corrected chi connectivity index (χ0v) is 8.96. The highest BCUT2D eigenvalue weighted by Crippen LogP contribution is 1.96. The minimum absolute atomic E-state index is 0.360. The van der Waals surface area contributed by atoms with E-state index in [0.29, 0.717) is 6.54 Å². The average Bonchev–Trinajstić information content (AvgIpc) is 2.15. The maximum absolute atomic E-state index is 11.2. The third-order valence-electron chi connectivity index (χ3n) is 1.57. The fourth-order valence-corrected chi connectivity index (χ4v) is 0.770. The van der Waals surface area contributed by atoms with Crippen LogP contribution in [0.25, 0.3) is 0 Å². The molecule has 0 rings (SSSR count). The van der Waals surface area contributed by atoms with Crippen LogP contribution in [0.4, 0.5) is 0 Å². The fraction of sp³-hybridized carbons (Fsp3) is 0.500. The Morgan fingerprint density at radius 1 is 1.33 bits per heavy atom. The summed E-state index contributed by atoms with van der Waals surface area (Å²) in [5.41, 5.74) is -0.360. The van der Waals surface area contributed by atoms with Crippen LogP contribution in [0.15, 0.2) is 12.2 Å². The van der Waals surface area contributed by atoms with Crippen LogP contribution in [0, 0.1) is 0 Å². The van der Waals surface area contributed by atoms with Gasteiger partial charge in [-0.15, -0.1) is 0 Å². The quantitative estimate of drug-likeness (QED) is 0.238. The fourth-order valence-electron chi connectivity index (χ4n) is 0.770. The maximum Gasteiger partial charge on any atom is 0.350 e. The Labute approximate surface area is 88.5 Å². The smallest absolute Gasteiger partial charge is 0.350 e. The van der Waals surface area contributed by atoms with Crippen LogP contribution in [0.2, 0.25) is 0 Å². The first-order valence-electron chi connectivity index (χ1n) is 4.68. The largest absolute Gasteiger partial charge is 0.389 e. The third-order valence-corrected chi connectivity index (χ3v) is 1.57. The van der Waals surface area contributed by atoms with Gasteiger partial charge >= 0.3 is 11.9 Å². The second kappa shape index (κ2) is 6.75. The summed E-state index contributed by atoms with van der Waals surface area (Å²) < 4.78 is 4.20. The van der Waals surface area contributed by atoms with E-state index in [9.17, 15) is 14.4 Å². The predicted octanol–water partition coefficient (Wildman–Crippen LogP) is 0.549. The minimum Gasteiger partial charge on any atom is -0.389 e. The van der Waals surface area contributed by atoms with Gasteiger partial charge in [-0.3, -0.25) is 9.59 Å². The maximum atomic E-state index is 11.2. The van der Waals surface area contributed by atoms with Crippen molar-refractivity contribution in [2.75, 3.05) is 6.54 Å². The number of nitrogens with one attached hydrogen (secondary N) is 1. The van der Waals surface area contributed by atoms with E-state index in [1.807, 2.05) is 6.92 Å². The molecule has 0 bridgehead atoms. The number of amides is 1. The van der Waals surface area contributed by atoms with Crippen molar-refractivity contribution in [2.24, 2.45) is 0 Å². The van der Waals surface area contributed by atoms with E-state index in [0.717, 1.165) is 19.8 Å². The summed E-state index contributed by atoms with van der Waals surface area (Å²) in [6.07, 6.45) is 1.76. The van der Waals surface area contributed by atoms with E-state index in [4.69, 9.17) is 0 Å². The molecule has 0 aliphatic carbocycles. The summed E-state index contributed by atoms with van der Waals surface area (Å²) in [4.78, 5) is 32.7. The molecule has 0 aliphatic heterocycles. The zero-order chi connectivity index (χ0) is 11.8. The van der Waals surface area contributed by atoms with Gasteiger partial charge in [-0.2, -0.15) is 0 Å². The van der Waals surface area contributed by atoms with E-state index in [1.165, 1.54) is 0 Å². The van der Waals surface area contributed by atoms with Crippen molar-refractivity contribution in [3.63, 3.8) is 0 Å². The van der Waals surface area contributed by atoms with Gasteiger partial charge in [0.15, 0.2) is 0 Å². The first-order chi connectivity index (χ1) is 6.99. The van der Waals surface area contributed by atoms with Crippen LogP contribution in [0.5, 0.6) is 0 Å². The molecule has 5 heteroatoms. The van der Waals surface area contributed by atoms with Gasteiger partial charge in [0.1, 0.15) is 5.57 Å². The molecule has 0 saturated carbocycles. The van der Waals surface area contributed by atoms with Gasteiger partial charge in [-0.25, -0.2) is 4.79 Å². The average molecular weight is 213 g/mol. The van der Waals surface area contributed by atoms with Crippen LogP contribution in [-0.4, -0.2) is 24.4 Å². The van der Waals surface area contributed by atoms with Crippen molar-refractivity contribution < 1.29 is 19.1 Å². The normalized spacial score (nSPS) is 9.20. The molecule has 5 nitrogen and oxygen atoms in total. The number of ether oxygens (including phenoxy) is 1. The second-order valence-corrected chi connectivity index (χ2v) is 2.97. The lowest BCUT2D eigenvalue weighted by atomic mass is 10.2. The van der Waals surface area contributed by atoms with Gasteiger partial charge in [0.05, 0.1) is 0 Å². The Bertz CT molecular complexity index is 283. The van der Waals surface area contributed by atoms with Crippen molar-refractivity contribution in [2.45, 2.75) is 26.7 Å². The molecule has 0 atom stereocenters. The molecule has 0 aromatic heterocycles. The monoisotopic (exact) mass is 213 g/mol. The molecular weight excluding hydrogens is 198 g/mol. The van der Waals surface area contributed by atoms with Crippen molar-refractivity contribution in [1.82, 2.24) is 5.32 Å². The lowest BCUT2D eigenvalue weighted by Crippen LogP contribution is -2.30. The summed E-state index contributed by atoms with van der Waals surface area (Å²) in [6.45, 7) is 6.78. The van der Waals surface area contributed by atoms with E-state index < -0.39 is 17.8 Å². The van der Waals surface area contributed by atoms with Gasteiger partial charge < -0.3 is 10.1 Å². The molecule has 0 aromatic rings. The van der Waals surface area contributed by atoms with Crippen LogP contribution in [0.3, 0.4) is 0 Å². The summed E-state index contributed by atoms with van der Waals surface area (Å²) in [6, 6.07) is 0. The Morgan fingerprint density at radius 2 is 1.93 bits per heavy atom. The van der Waals surface area contributed by atoms with Gasteiger partial charge in [0.2, 0.25) is 0 Å². The Balaban J connectivity index is 4.03. The predicted molar refractivity (Wildman–Crippen MR) is 53.8 cm³/mol. The van der Waals surface area contributed by atoms with E-state index in [-0.39, 0.29) is 5.57 Å². The molecule has 0 aliphatic rings. The van der Waals surface area contributed by atoms with Gasteiger partial charge in [-0.1, -0.05) is 19.9 Å². The summed E-state index contributed by atoms with van der Waals surface area (Å²) >= 11 is 0. The number of hydrogen-bond acceptors (Lipinski definition) is 4. The third kappa shape index (κ3) is 5.61. The molecule has 1 amide bonds. The number of carbonyl (C=O) groups is 3. The molecule has 0 unspecified atom stereocenters. The number of esters is 2. The van der Waals surface area contributed by atoms with Crippen LogP contribution in [0.1, 0.15) is 26.7 Å². The topological polar surface area (TPSA) is 72.5 Å². The zero-order valence-electron chi connectivity index (χ0n) is 8.96. The lowest BCUT2D eigenvalue weighted by molar-refractivity contribution is -0.155. The highest BCUT2D eigenvalue weighted by Gasteiger charge is 2.17. The van der Waals surface area contributed by atoms with Crippen LogP contribution in [-0.2, 0) is 19.1 Å². The standard InChI is InChI=1S/C10H15NO4/c1-4-5-6-11-9(13)7(2)10(14)15-8(3)12/h2,4-6H2,1,3H3,(H,11,13). The van der Waals surface area contributed by atoms with Crippen LogP contribution >= 0.6 is 0 Å². The Kier molecular flexibility index (Phi) is 6.01. The van der Waals surface area contributed by atoms with E-state index in [1.54, 1.807) is 0 Å². The summed E-state index contributed by atoms with van der Waals surface area (Å²) in [7, 11) is 0. The summed E-state index contributed by atoms with van der Waals surface area (Å²) in [5.74, 6) is -2.37. The summed E-state index contributed by atoms with van der Waals surface area (Å²) in [5, 5.41) is 2.49. The van der Waals surface area contributed by atoms with E-state index in [2.05, 4.69) is 16.6 Å². The van der Waals surface area contributed by atoms with Crippen molar-refractivity contribution in [1.29, 1.82) is 0 Å². The molecular formula is C10H15NO4. The first kappa shape index (κ1) is 13.4. The molecule has 0 fully saturated rings. The van der Waals surface area contributed by atoms with Gasteiger partial charge in [0, 0.05) is 13.5 Å². The number of unbranched alkanes of at least 4 members (excludes halogenated alkanes) is 1. The number of rotatable bonds is 5. The van der Waals surface area contributed by atoms with Crippen molar-refractivity contribution >= 4 is 17.8 Å². The highest BCUT2D eigenvalue weighted by atomic mass is 16.6. The van der Waals surface area contributed by atoms with Gasteiger partial charge in [0.25, 0.3) is 5.91 Å². The lowest BCUT2D eigenvalue weighted by Gasteiger charge is -2.05. The van der Waals surface area contributed by atoms with Crippen molar-refractivity contribution in [3.05, 3.63) is 12.2 Å². The molecule has 15 heavy (non-hydrogen) atoms. The number of carbonyl (C=O) groups excluding carboxylic acids is 3. The molecule has 0 spiro atoms. The molecule has 84 valence electrons. The van der Waals surface area contributed by atoms with Crippen molar-refractivity contribution in [3.8, 4) is 0 Å². The molecule has 0 radical (unpaired) electrons. The van der Waals surface area contributed by atoms with Crippen LogP contribution < -0.4 is 5.32 Å².